The van der Waals surface area contributed by atoms with Gasteiger partial charge in [0.15, 0.2) is 17.5 Å². The van der Waals surface area contributed by atoms with Crippen LogP contribution in [0.3, 0.4) is 0 Å². The predicted octanol–water partition coefficient (Wildman–Crippen LogP) is 3.58. The molecule has 3 rings (SSSR count). The van der Waals surface area contributed by atoms with E-state index in [1.807, 2.05) is 0 Å². The zero-order chi connectivity index (χ0) is 22.5. The van der Waals surface area contributed by atoms with Crippen LogP contribution in [0, 0.1) is 5.92 Å². The van der Waals surface area contributed by atoms with E-state index in [1.165, 1.54) is 25.1 Å². The first-order valence-corrected chi connectivity index (χ1v) is 10.3. The van der Waals surface area contributed by atoms with E-state index in [0.29, 0.717) is 35.4 Å². The first-order chi connectivity index (χ1) is 14.9. The van der Waals surface area contributed by atoms with Crippen molar-refractivity contribution in [2.24, 2.45) is 5.92 Å². The summed E-state index contributed by atoms with van der Waals surface area (Å²) in [7, 11) is 0. The number of carbonyl (C=O) groups is 3. The molecule has 0 bridgehead atoms. The molecule has 0 spiro atoms. The van der Waals surface area contributed by atoms with Gasteiger partial charge in [-0.05, 0) is 66.6 Å². The van der Waals surface area contributed by atoms with E-state index >= 15 is 0 Å². The fourth-order valence-electron chi connectivity index (χ4n) is 3.15. The highest BCUT2D eigenvalue weighted by Crippen LogP contribution is 2.31. The molecule has 0 aliphatic heterocycles. The Morgan fingerprint density at radius 2 is 2.06 bits per heavy atom. The number of benzene rings is 1. The van der Waals surface area contributed by atoms with Crippen molar-refractivity contribution in [3.63, 3.8) is 0 Å². The first kappa shape index (κ1) is 22.7. The molecule has 1 heterocycles. The lowest BCUT2D eigenvalue weighted by molar-refractivity contribution is 0.0466. The highest BCUT2D eigenvalue weighted by Gasteiger charge is 2.25. The maximum absolute atomic E-state index is 12.7. The summed E-state index contributed by atoms with van der Waals surface area (Å²) in [5.41, 5.74) is 1.03. The number of aldehydes is 1. The van der Waals surface area contributed by atoms with Gasteiger partial charge in [-0.3, -0.25) is 9.59 Å². The van der Waals surface area contributed by atoms with Crippen molar-refractivity contribution in [1.82, 2.24) is 10.3 Å². The Labute approximate surface area is 185 Å². The third-order valence-electron chi connectivity index (χ3n) is 4.96. The van der Waals surface area contributed by atoms with E-state index in [0.717, 1.165) is 12.8 Å². The molecule has 2 aromatic rings. The van der Waals surface area contributed by atoms with Gasteiger partial charge in [-0.25, -0.2) is 9.78 Å². The predicted molar refractivity (Wildman–Crippen MR) is 117 cm³/mol. The number of ether oxygens (including phenoxy) is 1. The van der Waals surface area contributed by atoms with Crippen LogP contribution in [0.1, 0.15) is 62.2 Å². The van der Waals surface area contributed by atoms with Crippen LogP contribution in [-0.2, 0) is 11.3 Å². The van der Waals surface area contributed by atoms with Gasteiger partial charge in [0.05, 0.1) is 6.61 Å². The zero-order valence-electron chi connectivity index (χ0n) is 17.1. The Kier molecular flexibility index (Phi) is 7.20. The van der Waals surface area contributed by atoms with Crippen LogP contribution >= 0.6 is 11.6 Å². The van der Waals surface area contributed by atoms with Gasteiger partial charge in [-0.15, -0.1) is 0 Å². The smallest absolute Gasteiger partial charge is 0.359 e. The molecule has 1 aliphatic carbocycles. The number of amides is 1. The van der Waals surface area contributed by atoms with Gasteiger partial charge in [0.25, 0.3) is 5.91 Å². The van der Waals surface area contributed by atoms with Crippen molar-refractivity contribution in [1.29, 1.82) is 0 Å². The highest BCUT2D eigenvalue weighted by molar-refractivity contribution is 6.20. The van der Waals surface area contributed by atoms with Crippen molar-refractivity contribution in [2.45, 2.75) is 31.9 Å². The summed E-state index contributed by atoms with van der Waals surface area (Å²) in [5, 5.41) is 12.5. The molecular formula is C23H23ClN2O5. The highest BCUT2D eigenvalue weighted by atomic mass is 35.5. The van der Waals surface area contributed by atoms with E-state index in [2.05, 4.69) is 16.9 Å². The summed E-state index contributed by atoms with van der Waals surface area (Å²) in [4.78, 5) is 41.2. The lowest BCUT2D eigenvalue weighted by Gasteiger charge is -2.15. The molecule has 1 atom stereocenters. The molecule has 1 saturated carbocycles. The topological polar surface area (TPSA) is 106 Å². The van der Waals surface area contributed by atoms with Gasteiger partial charge < -0.3 is 15.2 Å². The van der Waals surface area contributed by atoms with E-state index in [4.69, 9.17) is 16.3 Å². The molecule has 1 fully saturated rings. The number of carbonyl (C=O) groups excluding carboxylic acids is 3. The number of aromatic nitrogens is 1. The monoisotopic (exact) mass is 442 g/mol. The third kappa shape index (κ3) is 5.37. The van der Waals surface area contributed by atoms with Crippen LogP contribution in [0.2, 0.25) is 0 Å². The number of esters is 1. The maximum Gasteiger partial charge on any atom is 0.359 e. The Morgan fingerprint density at radius 3 is 2.65 bits per heavy atom. The van der Waals surface area contributed by atoms with Crippen molar-refractivity contribution < 1.29 is 24.2 Å². The minimum absolute atomic E-state index is 0.0521. The number of nitrogens with zero attached hydrogens (tertiary/aromatic N) is 1. The van der Waals surface area contributed by atoms with E-state index in [9.17, 15) is 19.5 Å². The average Bonchev–Trinajstić information content (AvgIpc) is 3.60. The Morgan fingerprint density at radius 1 is 1.32 bits per heavy atom. The fraction of sp³-hybridized carbons (Fsp3) is 0.304. The first-order valence-electron chi connectivity index (χ1n) is 9.88. The number of aliphatic hydroxyl groups is 1. The normalized spacial score (nSPS) is 13.9. The zero-order valence-corrected chi connectivity index (χ0v) is 17.8. The molecule has 162 valence electrons. The van der Waals surface area contributed by atoms with Crippen molar-refractivity contribution in [3.05, 3.63) is 58.9 Å². The molecule has 2 N–H and O–H groups in total. The number of hydrogen-bond donors (Lipinski definition) is 2. The second kappa shape index (κ2) is 9.85. The maximum atomic E-state index is 12.7. The molecule has 1 unspecified atom stereocenters. The Balaban J connectivity index is 2.10. The van der Waals surface area contributed by atoms with Crippen LogP contribution in [0.5, 0.6) is 0 Å². The second-order valence-corrected chi connectivity index (χ2v) is 7.93. The lowest BCUT2D eigenvalue weighted by Crippen LogP contribution is -2.27. The molecule has 7 nitrogen and oxygen atoms in total. The molecule has 31 heavy (non-hydrogen) atoms. The fourth-order valence-corrected chi connectivity index (χ4v) is 3.23. The second-order valence-electron chi connectivity index (χ2n) is 7.31. The van der Waals surface area contributed by atoms with Crippen LogP contribution in [0.15, 0.2) is 30.8 Å². The van der Waals surface area contributed by atoms with E-state index in [-0.39, 0.29) is 29.1 Å². The minimum Gasteiger partial charge on any atom is -0.442 e. The SMILES string of the molecule is C=Cc1cc(C=O)c(-c2ccc(C(=O)NCC3CC3)nc2C(=O)OC(C)Cl)cc1CO. The molecule has 1 aromatic carbocycles. The number of rotatable bonds is 9. The van der Waals surface area contributed by atoms with Gasteiger partial charge in [0, 0.05) is 17.7 Å². The number of aliphatic hydroxyl groups excluding tert-OH is 1. The van der Waals surface area contributed by atoms with Gasteiger partial charge >= 0.3 is 5.97 Å². The Bertz CT molecular complexity index is 1030. The number of alkyl halides is 1. The van der Waals surface area contributed by atoms with Crippen molar-refractivity contribution >= 4 is 35.8 Å². The lowest BCUT2D eigenvalue weighted by atomic mass is 9.93. The van der Waals surface area contributed by atoms with Gasteiger partial charge in [0.2, 0.25) is 0 Å². The van der Waals surface area contributed by atoms with Gasteiger partial charge in [-0.2, -0.15) is 0 Å². The largest absolute Gasteiger partial charge is 0.442 e. The van der Waals surface area contributed by atoms with E-state index in [1.54, 1.807) is 12.1 Å². The average molecular weight is 443 g/mol. The summed E-state index contributed by atoms with van der Waals surface area (Å²) < 4.78 is 5.09. The van der Waals surface area contributed by atoms with Crippen LogP contribution in [0.4, 0.5) is 0 Å². The third-order valence-corrected chi connectivity index (χ3v) is 5.05. The molecule has 1 aromatic heterocycles. The summed E-state index contributed by atoms with van der Waals surface area (Å²) in [6, 6.07) is 6.17. The number of halogens is 1. The summed E-state index contributed by atoms with van der Waals surface area (Å²) in [6.07, 6.45) is 4.33. The van der Waals surface area contributed by atoms with Crippen molar-refractivity contribution in [2.75, 3.05) is 6.54 Å². The molecule has 1 aliphatic rings. The molecule has 0 saturated heterocycles. The summed E-state index contributed by atoms with van der Waals surface area (Å²) >= 11 is 5.81. The van der Waals surface area contributed by atoms with Crippen molar-refractivity contribution in [3.8, 4) is 11.1 Å². The number of nitrogens with one attached hydrogen (secondary N) is 1. The van der Waals surface area contributed by atoms with Crippen LogP contribution < -0.4 is 5.32 Å². The molecule has 1 amide bonds. The van der Waals surface area contributed by atoms with Crippen LogP contribution in [-0.4, -0.2) is 40.4 Å². The van der Waals surface area contributed by atoms with Gasteiger partial charge in [-0.1, -0.05) is 24.3 Å². The molecule has 8 heteroatoms. The quantitative estimate of drug-likeness (QED) is 0.349. The minimum atomic E-state index is -0.920. The van der Waals surface area contributed by atoms with Crippen LogP contribution in [0.25, 0.3) is 17.2 Å². The number of hydrogen-bond acceptors (Lipinski definition) is 6. The molecular weight excluding hydrogens is 420 g/mol. The molecule has 0 radical (unpaired) electrons. The van der Waals surface area contributed by atoms with E-state index < -0.39 is 17.4 Å². The summed E-state index contributed by atoms with van der Waals surface area (Å²) in [5.74, 6) is -0.746. The standard InChI is InChI=1S/C23H23ClN2O5/c1-3-15-8-17(12-28)19(9-16(15)11-27)18-6-7-20(22(29)25-10-14-4-5-14)26-21(18)23(30)31-13(2)24/h3,6-9,12-14,27H,1,4-5,10-11H2,2H3,(H,25,29). The summed E-state index contributed by atoms with van der Waals surface area (Å²) in [6.45, 7) is 5.43. The Hall–Kier alpha value is -3.03. The van der Waals surface area contributed by atoms with Gasteiger partial charge in [0.1, 0.15) is 5.69 Å². The number of pyridine rings is 1.